The van der Waals surface area contributed by atoms with Gasteiger partial charge in [-0.05, 0) is 40.3 Å². The summed E-state index contributed by atoms with van der Waals surface area (Å²) in [6.45, 7) is 0.549. The highest BCUT2D eigenvalue weighted by Gasteiger charge is 2.11. The van der Waals surface area contributed by atoms with Gasteiger partial charge in [-0.15, -0.1) is 0 Å². The second-order valence-electron chi connectivity index (χ2n) is 4.00. The van der Waals surface area contributed by atoms with Crippen molar-refractivity contribution in [1.82, 2.24) is 10.7 Å². The average molecular weight is 421 g/mol. The van der Waals surface area contributed by atoms with E-state index >= 15 is 0 Å². The standard InChI is InChI=1S/C13H16IN3O5/c1-21-4-3-15-12(19)13(20)17-16-7-8-5-9(14)11(18)10(6-8)22-2/h5-7,18H,3-4H2,1-2H3,(H,15,19)(H,17,20)/b16-7-. The Morgan fingerprint density at radius 3 is 2.73 bits per heavy atom. The summed E-state index contributed by atoms with van der Waals surface area (Å²) >= 11 is 1.94. The van der Waals surface area contributed by atoms with Crippen LogP contribution in [0.4, 0.5) is 0 Å². The van der Waals surface area contributed by atoms with Crippen LogP contribution >= 0.6 is 22.6 Å². The number of ether oxygens (including phenoxy) is 2. The van der Waals surface area contributed by atoms with Gasteiger partial charge < -0.3 is 19.9 Å². The van der Waals surface area contributed by atoms with Crippen LogP contribution in [0.15, 0.2) is 17.2 Å². The summed E-state index contributed by atoms with van der Waals surface area (Å²) in [4.78, 5) is 22.8. The Morgan fingerprint density at radius 2 is 2.09 bits per heavy atom. The molecule has 1 aromatic rings. The van der Waals surface area contributed by atoms with E-state index in [2.05, 4.69) is 15.8 Å². The summed E-state index contributed by atoms with van der Waals surface area (Å²) in [5.41, 5.74) is 2.70. The third-order valence-electron chi connectivity index (χ3n) is 2.45. The number of nitrogens with zero attached hydrogens (tertiary/aromatic N) is 1. The maximum Gasteiger partial charge on any atom is 0.329 e. The minimum Gasteiger partial charge on any atom is -0.504 e. The van der Waals surface area contributed by atoms with Gasteiger partial charge in [-0.1, -0.05) is 0 Å². The van der Waals surface area contributed by atoms with Gasteiger partial charge >= 0.3 is 11.8 Å². The second kappa shape index (κ2) is 9.20. The van der Waals surface area contributed by atoms with Gasteiger partial charge in [0, 0.05) is 13.7 Å². The molecule has 2 amide bonds. The van der Waals surface area contributed by atoms with E-state index in [0.717, 1.165) is 0 Å². The number of hydrazone groups is 1. The molecule has 8 nitrogen and oxygen atoms in total. The molecule has 120 valence electrons. The van der Waals surface area contributed by atoms with E-state index in [9.17, 15) is 14.7 Å². The molecule has 0 saturated heterocycles. The van der Waals surface area contributed by atoms with Gasteiger partial charge in [0.2, 0.25) is 0 Å². The van der Waals surface area contributed by atoms with Gasteiger partial charge in [-0.3, -0.25) is 9.59 Å². The minimum atomic E-state index is -0.882. The Morgan fingerprint density at radius 1 is 1.36 bits per heavy atom. The zero-order valence-corrected chi connectivity index (χ0v) is 14.2. The number of methoxy groups -OCH3 is 2. The molecule has 0 aliphatic carbocycles. The first-order chi connectivity index (χ1) is 10.5. The number of amides is 2. The van der Waals surface area contributed by atoms with E-state index < -0.39 is 11.8 Å². The molecule has 1 aromatic carbocycles. The Bertz CT molecular complexity index is 577. The number of hydrogen-bond donors (Lipinski definition) is 3. The van der Waals surface area contributed by atoms with Crippen LogP contribution in [0.2, 0.25) is 0 Å². The van der Waals surface area contributed by atoms with Gasteiger partial charge in [0.15, 0.2) is 11.5 Å². The molecule has 0 spiro atoms. The first-order valence-corrected chi connectivity index (χ1v) is 7.24. The van der Waals surface area contributed by atoms with Crippen LogP contribution in [-0.2, 0) is 14.3 Å². The second-order valence-corrected chi connectivity index (χ2v) is 5.16. The van der Waals surface area contributed by atoms with Crippen molar-refractivity contribution in [3.05, 3.63) is 21.3 Å². The van der Waals surface area contributed by atoms with Crippen LogP contribution < -0.4 is 15.5 Å². The SMILES string of the molecule is COCCNC(=O)C(=O)N/N=C\c1cc(I)c(O)c(OC)c1. The van der Waals surface area contributed by atoms with Crippen molar-refractivity contribution in [2.24, 2.45) is 5.10 Å². The number of carbonyl (C=O) groups excluding carboxylic acids is 2. The van der Waals surface area contributed by atoms with E-state index in [-0.39, 0.29) is 18.0 Å². The van der Waals surface area contributed by atoms with Crippen molar-refractivity contribution in [2.45, 2.75) is 0 Å². The Balaban J connectivity index is 2.60. The van der Waals surface area contributed by atoms with Gasteiger partial charge in [0.25, 0.3) is 0 Å². The van der Waals surface area contributed by atoms with Crippen molar-refractivity contribution < 1.29 is 24.2 Å². The third-order valence-corrected chi connectivity index (χ3v) is 3.27. The number of nitrogens with one attached hydrogen (secondary N) is 2. The van der Waals surface area contributed by atoms with E-state index in [1.807, 2.05) is 22.6 Å². The van der Waals surface area contributed by atoms with Crippen LogP contribution in [0.3, 0.4) is 0 Å². The molecular formula is C13H16IN3O5. The Kier molecular flexibility index (Phi) is 7.60. The van der Waals surface area contributed by atoms with Crippen molar-refractivity contribution >= 4 is 40.6 Å². The van der Waals surface area contributed by atoms with E-state index in [1.165, 1.54) is 20.4 Å². The van der Waals surface area contributed by atoms with Crippen molar-refractivity contribution in [1.29, 1.82) is 0 Å². The Labute approximate surface area is 141 Å². The molecule has 1 rings (SSSR count). The van der Waals surface area contributed by atoms with Crippen LogP contribution in [0.5, 0.6) is 11.5 Å². The number of benzene rings is 1. The molecule has 22 heavy (non-hydrogen) atoms. The van der Waals surface area contributed by atoms with Crippen molar-refractivity contribution in [3.63, 3.8) is 0 Å². The summed E-state index contributed by atoms with van der Waals surface area (Å²) in [5.74, 6) is -1.36. The molecule has 0 heterocycles. The zero-order chi connectivity index (χ0) is 16.5. The van der Waals surface area contributed by atoms with E-state index in [0.29, 0.717) is 15.7 Å². The lowest BCUT2D eigenvalue weighted by atomic mass is 10.2. The average Bonchev–Trinajstić information content (AvgIpc) is 2.50. The van der Waals surface area contributed by atoms with Gasteiger partial charge in [0.05, 0.1) is 23.5 Å². The fraction of sp³-hybridized carbons (Fsp3) is 0.308. The number of aromatic hydroxyl groups is 1. The quantitative estimate of drug-likeness (QED) is 0.200. The number of phenolic OH excluding ortho intramolecular Hbond substituents is 1. The lowest BCUT2D eigenvalue weighted by Crippen LogP contribution is -2.39. The third kappa shape index (κ3) is 5.48. The summed E-state index contributed by atoms with van der Waals surface area (Å²) < 4.78 is 10.3. The van der Waals surface area contributed by atoms with Crippen LogP contribution in [0.1, 0.15) is 5.56 Å². The van der Waals surface area contributed by atoms with Crippen LogP contribution in [-0.4, -0.2) is 50.5 Å². The number of halogens is 1. The summed E-state index contributed by atoms with van der Waals surface area (Å²) in [6, 6.07) is 3.19. The fourth-order valence-electron chi connectivity index (χ4n) is 1.39. The molecule has 0 aromatic heterocycles. The minimum absolute atomic E-state index is 0.0295. The number of rotatable bonds is 6. The highest BCUT2D eigenvalue weighted by Crippen LogP contribution is 2.31. The smallest absolute Gasteiger partial charge is 0.329 e. The Hall–Kier alpha value is -1.88. The number of carbonyl (C=O) groups is 2. The van der Waals surface area contributed by atoms with Crippen molar-refractivity contribution in [3.8, 4) is 11.5 Å². The van der Waals surface area contributed by atoms with Gasteiger partial charge in [0.1, 0.15) is 0 Å². The van der Waals surface area contributed by atoms with E-state index in [4.69, 9.17) is 9.47 Å². The molecule has 0 atom stereocenters. The first kappa shape index (κ1) is 18.2. The van der Waals surface area contributed by atoms with Crippen LogP contribution in [0.25, 0.3) is 0 Å². The normalized spacial score (nSPS) is 10.5. The molecule has 0 bridgehead atoms. The molecule has 0 aliphatic rings. The van der Waals surface area contributed by atoms with Crippen molar-refractivity contribution in [2.75, 3.05) is 27.4 Å². The number of hydrogen-bond acceptors (Lipinski definition) is 6. The molecule has 9 heteroatoms. The fourth-order valence-corrected chi connectivity index (χ4v) is 2.01. The maximum atomic E-state index is 11.4. The zero-order valence-electron chi connectivity index (χ0n) is 12.1. The molecular weight excluding hydrogens is 405 g/mol. The van der Waals surface area contributed by atoms with Gasteiger partial charge in [-0.25, -0.2) is 5.43 Å². The highest BCUT2D eigenvalue weighted by molar-refractivity contribution is 14.1. The first-order valence-electron chi connectivity index (χ1n) is 6.16. The molecule has 0 saturated carbocycles. The summed E-state index contributed by atoms with van der Waals surface area (Å²) in [7, 11) is 2.92. The molecule has 0 radical (unpaired) electrons. The van der Waals surface area contributed by atoms with Gasteiger partial charge in [-0.2, -0.15) is 5.10 Å². The molecule has 0 fully saturated rings. The number of phenols is 1. The summed E-state index contributed by atoms with van der Waals surface area (Å²) in [6.07, 6.45) is 1.34. The monoisotopic (exact) mass is 421 g/mol. The highest BCUT2D eigenvalue weighted by atomic mass is 127. The van der Waals surface area contributed by atoms with E-state index in [1.54, 1.807) is 12.1 Å². The largest absolute Gasteiger partial charge is 0.504 e. The molecule has 0 unspecified atom stereocenters. The summed E-state index contributed by atoms with van der Waals surface area (Å²) in [5, 5.41) is 15.7. The topological polar surface area (TPSA) is 109 Å². The maximum absolute atomic E-state index is 11.4. The predicted octanol–water partition coefficient (Wildman–Crippen LogP) is 0.218. The lowest BCUT2D eigenvalue weighted by Gasteiger charge is -2.06. The molecule has 0 aliphatic heterocycles. The predicted molar refractivity (Wildman–Crippen MR) is 88.0 cm³/mol. The van der Waals surface area contributed by atoms with Crippen LogP contribution in [0, 0.1) is 3.57 Å². The lowest BCUT2D eigenvalue weighted by molar-refractivity contribution is -0.139. The molecule has 3 N–H and O–H groups in total.